The van der Waals surface area contributed by atoms with Crippen LogP contribution in [0.1, 0.15) is 6.92 Å². The lowest BCUT2D eigenvalue weighted by Crippen LogP contribution is -2.10. The fraction of sp³-hybridized carbons (Fsp3) is 0.158. The molecule has 0 N–H and O–H groups in total. The molecule has 4 nitrogen and oxygen atoms in total. The molecule has 0 aliphatic rings. The molecule has 0 saturated heterocycles. The molecule has 0 saturated carbocycles. The molecule has 24 heavy (non-hydrogen) atoms. The van der Waals surface area contributed by atoms with Crippen LogP contribution in [-0.2, 0) is 0 Å². The second-order valence-corrected chi connectivity index (χ2v) is 6.56. The summed E-state index contributed by atoms with van der Waals surface area (Å²) in [7, 11) is 0. The Kier molecular flexibility index (Phi) is 5.69. The van der Waals surface area contributed by atoms with E-state index in [1.165, 1.54) is 0 Å². The highest BCUT2D eigenvalue weighted by molar-refractivity contribution is 7.99. The maximum absolute atomic E-state index is 5.81. The molecule has 0 aliphatic carbocycles. The molecule has 0 fully saturated rings. The van der Waals surface area contributed by atoms with Crippen molar-refractivity contribution in [3.63, 3.8) is 0 Å². The fourth-order valence-corrected chi connectivity index (χ4v) is 2.74. The van der Waals surface area contributed by atoms with Crippen LogP contribution in [0.5, 0.6) is 17.2 Å². The van der Waals surface area contributed by atoms with Crippen molar-refractivity contribution in [2.45, 2.75) is 17.3 Å². The van der Waals surface area contributed by atoms with Gasteiger partial charge in [0.2, 0.25) is 0 Å². The van der Waals surface area contributed by atoms with Gasteiger partial charge in [0, 0.05) is 17.6 Å². The number of aromatic nitrogens is 2. The molecule has 1 heterocycles. The third-order valence-corrected chi connectivity index (χ3v) is 4.10. The first kappa shape index (κ1) is 16.3. The molecule has 3 aromatic rings. The van der Waals surface area contributed by atoms with E-state index in [9.17, 15) is 0 Å². The average molecular weight is 338 g/mol. The third-order valence-electron chi connectivity index (χ3n) is 3.14. The maximum atomic E-state index is 5.81. The highest BCUT2D eigenvalue weighted by Crippen LogP contribution is 2.24. The monoisotopic (exact) mass is 338 g/mol. The molecule has 1 aromatic heterocycles. The van der Waals surface area contributed by atoms with Crippen molar-refractivity contribution in [1.29, 1.82) is 0 Å². The minimum atomic E-state index is 0.257. The van der Waals surface area contributed by atoms with Gasteiger partial charge in [-0.3, -0.25) is 0 Å². The van der Waals surface area contributed by atoms with E-state index in [1.54, 1.807) is 24.2 Å². The number of hydrogen-bond acceptors (Lipinski definition) is 5. The number of benzene rings is 2. The predicted molar refractivity (Wildman–Crippen MR) is 95.8 cm³/mol. The van der Waals surface area contributed by atoms with E-state index >= 15 is 0 Å². The van der Waals surface area contributed by atoms with Gasteiger partial charge in [-0.15, -0.1) is 0 Å². The van der Waals surface area contributed by atoms with Gasteiger partial charge >= 0.3 is 0 Å². The lowest BCUT2D eigenvalue weighted by atomic mass is 10.3. The van der Waals surface area contributed by atoms with Crippen LogP contribution in [0.3, 0.4) is 0 Å². The van der Waals surface area contributed by atoms with E-state index in [4.69, 9.17) is 9.47 Å². The number of ether oxygens (including phenoxy) is 2. The summed E-state index contributed by atoms with van der Waals surface area (Å²) in [5, 5.41) is 1.02. The zero-order chi connectivity index (χ0) is 16.6. The number of thioether (sulfide) groups is 1. The Balaban J connectivity index is 1.49. The molecule has 3 rings (SSSR count). The average Bonchev–Trinajstić information content (AvgIpc) is 2.63. The maximum Gasteiger partial charge on any atom is 0.187 e. The zero-order valence-electron chi connectivity index (χ0n) is 13.3. The van der Waals surface area contributed by atoms with Crippen molar-refractivity contribution in [3.8, 4) is 17.2 Å². The first-order valence-electron chi connectivity index (χ1n) is 7.69. The summed E-state index contributed by atoms with van der Waals surface area (Å²) in [5.41, 5.74) is 0. The number of rotatable bonds is 7. The van der Waals surface area contributed by atoms with Crippen LogP contribution in [-0.4, -0.2) is 21.8 Å². The predicted octanol–water partition coefficient (Wildman–Crippen LogP) is 4.83. The van der Waals surface area contributed by atoms with E-state index in [1.807, 2.05) is 60.7 Å². The van der Waals surface area contributed by atoms with Gasteiger partial charge in [-0.1, -0.05) is 30.0 Å². The second-order valence-electron chi connectivity index (χ2n) is 5.16. The molecule has 0 amide bonds. The van der Waals surface area contributed by atoms with E-state index < -0.39 is 0 Å². The van der Waals surface area contributed by atoms with Crippen LogP contribution < -0.4 is 9.47 Å². The lowest BCUT2D eigenvalue weighted by Gasteiger charge is -2.12. The van der Waals surface area contributed by atoms with Crippen molar-refractivity contribution in [2.75, 3.05) is 6.61 Å². The first-order chi connectivity index (χ1) is 11.8. The Hall–Kier alpha value is -2.53. The molecule has 0 spiro atoms. The second kappa shape index (κ2) is 8.36. The van der Waals surface area contributed by atoms with Crippen LogP contribution in [0.4, 0.5) is 0 Å². The SMILES string of the molecule is CC(COc1ccc(Oc2ccccc2)cc1)Sc1ncccn1. The van der Waals surface area contributed by atoms with Crippen LogP contribution in [0.15, 0.2) is 78.2 Å². The fourth-order valence-electron chi connectivity index (χ4n) is 2.00. The van der Waals surface area contributed by atoms with Gasteiger partial charge < -0.3 is 9.47 Å². The van der Waals surface area contributed by atoms with E-state index in [2.05, 4.69) is 16.9 Å². The number of para-hydroxylation sites is 1. The smallest absolute Gasteiger partial charge is 0.187 e. The molecule has 1 unspecified atom stereocenters. The van der Waals surface area contributed by atoms with Crippen LogP contribution in [0.2, 0.25) is 0 Å². The Bertz CT molecular complexity index is 736. The first-order valence-corrected chi connectivity index (χ1v) is 8.57. The van der Waals surface area contributed by atoms with Gasteiger partial charge in [-0.05, 0) is 49.4 Å². The Morgan fingerprint density at radius 3 is 2.17 bits per heavy atom. The van der Waals surface area contributed by atoms with Gasteiger partial charge in [0.25, 0.3) is 0 Å². The molecule has 5 heteroatoms. The van der Waals surface area contributed by atoms with Gasteiger partial charge in [0.05, 0.1) is 0 Å². The summed E-state index contributed by atoms with van der Waals surface area (Å²) in [6.07, 6.45) is 3.49. The highest BCUT2D eigenvalue weighted by Gasteiger charge is 2.07. The largest absolute Gasteiger partial charge is 0.492 e. The van der Waals surface area contributed by atoms with Crippen LogP contribution in [0.25, 0.3) is 0 Å². The van der Waals surface area contributed by atoms with Crippen molar-refractivity contribution in [3.05, 3.63) is 73.1 Å². The van der Waals surface area contributed by atoms with Crippen LogP contribution >= 0.6 is 11.8 Å². The molecule has 0 aliphatic heterocycles. The highest BCUT2D eigenvalue weighted by atomic mass is 32.2. The number of hydrogen-bond donors (Lipinski definition) is 0. The van der Waals surface area contributed by atoms with Gasteiger partial charge in [-0.25, -0.2) is 9.97 Å². The summed E-state index contributed by atoms with van der Waals surface area (Å²) in [6.45, 7) is 2.68. The van der Waals surface area contributed by atoms with Gasteiger partial charge in [0.15, 0.2) is 5.16 Å². The Morgan fingerprint density at radius 1 is 0.833 bits per heavy atom. The van der Waals surface area contributed by atoms with E-state index in [-0.39, 0.29) is 5.25 Å². The standard InChI is InChI=1S/C19H18N2O2S/c1-15(24-19-20-12-5-13-21-19)14-22-16-8-10-18(11-9-16)23-17-6-3-2-4-7-17/h2-13,15H,14H2,1H3. The molecule has 0 radical (unpaired) electrons. The quantitative estimate of drug-likeness (QED) is 0.456. The summed E-state index contributed by atoms with van der Waals surface area (Å²) >= 11 is 1.60. The van der Waals surface area contributed by atoms with Crippen molar-refractivity contribution in [2.24, 2.45) is 0 Å². The summed E-state index contributed by atoms with van der Waals surface area (Å²) < 4.78 is 11.6. The van der Waals surface area contributed by atoms with Crippen molar-refractivity contribution >= 4 is 11.8 Å². The summed E-state index contributed by atoms with van der Waals surface area (Å²) in [5.74, 6) is 2.42. The summed E-state index contributed by atoms with van der Waals surface area (Å²) in [6, 6.07) is 19.1. The Morgan fingerprint density at radius 2 is 1.46 bits per heavy atom. The molecular formula is C19H18N2O2S. The third kappa shape index (κ3) is 4.99. The normalized spacial score (nSPS) is 11.7. The minimum Gasteiger partial charge on any atom is -0.492 e. The Labute approximate surface area is 145 Å². The summed E-state index contributed by atoms with van der Waals surface area (Å²) in [4.78, 5) is 8.41. The van der Waals surface area contributed by atoms with Crippen LogP contribution in [0, 0.1) is 0 Å². The van der Waals surface area contributed by atoms with Crippen molar-refractivity contribution < 1.29 is 9.47 Å². The topological polar surface area (TPSA) is 44.2 Å². The zero-order valence-corrected chi connectivity index (χ0v) is 14.1. The molecule has 122 valence electrons. The molecule has 2 aromatic carbocycles. The van der Waals surface area contributed by atoms with E-state index in [0.717, 1.165) is 22.4 Å². The molecule has 1 atom stereocenters. The minimum absolute atomic E-state index is 0.257. The van der Waals surface area contributed by atoms with Crippen molar-refractivity contribution in [1.82, 2.24) is 9.97 Å². The lowest BCUT2D eigenvalue weighted by molar-refractivity contribution is 0.321. The van der Waals surface area contributed by atoms with Gasteiger partial charge in [0.1, 0.15) is 23.9 Å². The van der Waals surface area contributed by atoms with E-state index in [0.29, 0.717) is 6.61 Å². The number of nitrogens with zero attached hydrogens (tertiary/aromatic N) is 2. The molecular weight excluding hydrogens is 320 g/mol. The molecule has 0 bridgehead atoms. The van der Waals surface area contributed by atoms with Gasteiger partial charge in [-0.2, -0.15) is 0 Å².